The maximum absolute atomic E-state index is 12.9. The van der Waals surface area contributed by atoms with Gasteiger partial charge in [0.1, 0.15) is 5.75 Å². The minimum absolute atomic E-state index is 0.00861. The molecule has 8 nitrogen and oxygen atoms in total. The molecule has 232 valence electrons. The Hall–Kier alpha value is -4.32. The second-order valence-corrected chi connectivity index (χ2v) is 13.0. The Kier molecular flexibility index (Phi) is 8.23. The summed E-state index contributed by atoms with van der Waals surface area (Å²) in [6.45, 7) is 1.61. The molecule has 0 unspecified atom stereocenters. The smallest absolute Gasteiger partial charge is 0.389 e. The zero-order valence-electron chi connectivity index (χ0n) is 24.4. The quantitative estimate of drug-likeness (QED) is 0.236. The van der Waals surface area contributed by atoms with Crippen molar-refractivity contribution in [3.8, 4) is 5.75 Å². The van der Waals surface area contributed by atoms with Crippen LogP contribution in [0.4, 0.5) is 13.2 Å². The molecule has 12 heteroatoms. The minimum atomic E-state index is -4.28. The van der Waals surface area contributed by atoms with Crippen molar-refractivity contribution in [2.24, 2.45) is 12.5 Å². The summed E-state index contributed by atoms with van der Waals surface area (Å²) in [5.74, 6) is -0.873. The van der Waals surface area contributed by atoms with Gasteiger partial charge in [-0.1, -0.05) is 24.3 Å². The zero-order chi connectivity index (χ0) is 31.9. The lowest BCUT2D eigenvalue weighted by Crippen LogP contribution is -2.32. The number of carbonyl (C=O) groups is 2. The molecule has 4 aromatic rings. The van der Waals surface area contributed by atoms with Crippen molar-refractivity contribution in [1.29, 1.82) is 0 Å². The molecule has 1 heterocycles. The number of aromatic nitrogens is 1. The molecule has 0 saturated heterocycles. The summed E-state index contributed by atoms with van der Waals surface area (Å²) in [6.07, 6.45) is -2.06. The van der Waals surface area contributed by atoms with Gasteiger partial charge in [-0.15, -0.1) is 0 Å². The Labute approximate surface area is 253 Å². The van der Waals surface area contributed by atoms with E-state index in [1.807, 2.05) is 17.8 Å². The molecule has 1 aliphatic rings. The normalized spacial score (nSPS) is 14.3. The van der Waals surface area contributed by atoms with Gasteiger partial charge in [-0.05, 0) is 78.3 Å². The number of rotatable bonds is 10. The van der Waals surface area contributed by atoms with E-state index in [9.17, 15) is 31.2 Å². The summed E-state index contributed by atoms with van der Waals surface area (Å²) in [7, 11) is -0.786. The van der Waals surface area contributed by atoms with Crippen LogP contribution < -0.4 is 14.8 Å². The number of hydrogen-bond acceptors (Lipinski definition) is 5. The monoisotopic (exact) mass is 627 g/mol. The first-order valence-electron chi connectivity index (χ1n) is 13.9. The van der Waals surface area contributed by atoms with Crippen LogP contribution in [-0.4, -0.2) is 44.6 Å². The van der Waals surface area contributed by atoms with Crippen molar-refractivity contribution >= 4 is 32.7 Å². The van der Waals surface area contributed by atoms with Gasteiger partial charge in [0.05, 0.1) is 18.4 Å². The van der Waals surface area contributed by atoms with E-state index in [0.29, 0.717) is 36.1 Å². The third-order valence-electron chi connectivity index (χ3n) is 8.03. The number of alkyl halides is 3. The standard InChI is InChI=1S/C32H32F3N3O5S/c1-20-6-4-5-7-28(20)44(41,42)37-30(40)23-9-8-21(27(16-23)43-3)14-24-17-38(2)26-11-10-22(15-25(24)26)29(39)36-19-31(12-13-31)18-32(33,34)35/h4-11,15-17H,12-14,18-19H2,1-3H3,(H,36,39)(H,37,40). The van der Waals surface area contributed by atoms with Crippen LogP contribution in [0.3, 0.4) is 0 Å². The van der Waals surface area contributed by atoms with E-state index in [0.717, 1.165) is 22.0 Å². The molecule has 0 bridgehead atoms. The number of nitrogens with zero attached hydrogens (tertiary/aromatic N) is 1. The highest BCUT2D eigenvalue weighted by Gasteiger charge is 2.50. The molecule has 0 radical (unpaired) electrons. The first-order chi connectivity index (χ1) is 20.7. The van der Waals surface area contributed by atoms with E-state index in [1.54, 1.807) is 49.4 Å². The Morgan fingerprint density at radius 1 is 0.977 bits per heavy atom. The Morgan fingerprint density at radius 2 is 1.66 bits per heavy atom. The largest absolute Gasteiger partial charge is 0.496 e. The van der Waals surface area contributed by atoms with Gasteiger partial charge in [-0.2, -0.15) is 13.2 Å². The maximum Gasteiger partial charge on any atom is 0.389 e. The highest BCUT2D eigenvalue weighted by atomic mass is 32.2. The van der Waals surface area contributed by atoms with Crippen LogP contribution in [0.1, 0.15) is 56.7 Å². The zero-order valence-corrected chi connectivity index (χ0v) is 25.2. The molecule has 1 fully saturated rings. The summed E-state index contributed by atoms with van der Waals surface area (Å²) < 4.78 is 74.0. The van der Waals surface area contributed by atoms with E-state index in [1.165, 1.54) is 25.3 Å². The minimum Gasteiger partial charge on any atom is -0.496 e. The molecule has 1 aromatic heterocycles. The van der Waals surface area contributed by atoms with Crippen LogP contribution in [0.25, 0.3) is 10.9 Å². The van der Waals surface area contributed by atoms with Crippen LogP contribution >= 0.6 is 0 Å². The molecule has 2 N–H and O–H groups in total. The SMILES string of the molecule is COc1cc(C(=O)NS(=O)(=O)c2ccccc2C)ccc1Cc1cn(C)c2ccc(C(=O)NCC3(CC(F)(F)F)CC3)cc12. The number of aryl methyl sites for hydroxylation is 2. The van der Waals surface area contributed by atoms with Crippen molar-refractivity contribution in [2.75, 3.05) is 13.7 Å². The van der Waals surface area contributed by atoms with Crippen molar-refractivity contribution in [1.82, 2.24) is 14.6 Å². The fourth-order valence-electron chi connectivity index (χ4n) is 5.47. The van der Waals surface area contributed by atoms with E-state index < -0.39 is 39.8 Å². The average molecular weight is 628 g/mol. The lowest BCUT2D eigenvalue weighted by Gasteiger charge is -2.18. The number of methoxy groups -OCH3 is 1. The molecule has 1 saturated carbocycles. The lowest BCUT2D eigenvalue weighted by molar-refractivity contribution is -0.147. The van der Waals surface area contributed by atoms with Gasteiger partial charge in [0.15, 0.2) is 0 Å². The Balaban J connectivity index is 1.34. The fourth-order valence-corrected chi connectivity index (χ4v) is 6.70. The number of nitrogens with one attached hydrogen (secondary N) is 2. The van der Waals surface area contributed by atoms with Crippen molar-refractivity contribution in [3.05, 3.63) is 94.7 Å². The van der Waals surface area contributed by atoms with E-state index in [4.69, 9.17) is 4.74 Å². The van der Waals surface area contributed by atoms with Crippen molar-refractivity contribution in [3.63, 3.8) is 0 Å². The number of hydrogen-bond donors (Lipinski definition) is 2. The van der Waals surface area contributed by atoms with Crippen molar-refractivity contribution in [2.45, 2.75) is 43.7 Å². The summed E-state index contributed by atoms with van der Waals surface area (Å²) in [5, 5.41) is 3.47. The molecule has 1 aliphatic carbocycles. The summed E-state index contributed by atoms with van der Waals surface area (Å²) in [6, 6.07) is 16.2. The highest BCUT2D eigenvalue weighted by Crippen LogP contribution is 2.52. The second-order valence-electron chi connectivity index (χ2n) is 11.4. The van der Waals surface area contributed by atoms with E-state index >= 15 is 0 Å². The summed E-state index contributed by atoms with van der Waals surface area (Å²) in [4.78, 5) is 25.8. The number of ether oxygens (including phenoxy) is 1. The van der Waals surface area contributed by atoms with Gasteiger partial charge in [0.25, 0.3) is 21.8 Å². The third kappa shape index (κ3) is 6.75. The van der Waals surface area contributed by atoms with E-state index in [2.05, 4.69) is 10.0 Å². The highest BCUT2D eigenvalue weighted by molar-refractivity contribution is 7.90. The van der Waals surface area contributed by atoms with Crippen LogP contribution in [0, 0.1) is 12.3 Å². The van der Waals surface area contributed by atoms with Gasteiger partial charge in [-0.25, -0.2) is 13.1 Å². The molecular formula is C32H32F3N3O5S. The van der Waals surface area contributed by atoms with Crippen LogP contribution in [0.15, 0.2) is 71.8 Å². The van der Waals surface area contributed by atoms with Gasteiger partial charge in [-0.3, -0.25) is 9.59 Å². The van der Waals surface area contributed by atoms with Crippen LogP contribution in [-0.2, 0) is 23.5 Å². The van der Waals surface area contributed by atoms with Gasteiger partial charge in [0, 0.05) is 48.2 Å². The summed E-state index contributed by atoms with van der Waals surface area (Å²) in [5.41, 5.74) is 2.44. The Morgan fingerprint density at radius 3 is 2.32 bits per heavy atom. The Bertz CT molecular complexity index is 1860. The predicted octanol–water partition coefficient (Wildman–Crippen LogP) is 5.67. The van der Waals surface area contributed by atoms with Crippen LogP contribution in [0.5, 0.6) is 5.75 Å². The number of amides is 2. The first-order valence-corrected chi connectivity index (χ1v) is 15.4. The number of fused-ring (bicyclic) bond motifs is 1. The summed E-state index contributed by atoms with van der Waals surface area (Å²) >= 11 is 0. The first kappa shape index (κ1) is 31.1. The molecule has 0 spiro atoms. The topological polar surface area (TPSA) is 106 Å². The number of halogens is 3. The predicted molar refractivity (Wildman–Crippen MR) is 159 cm³/mol. The van der Waals surface area contributed by atoms with Gasteiger partial charge in [0.2, 0.25) is 0 Å². The number of benzene rings is 3. The average Bonchev–Trinajstić information content (AvgIpc) is 3.65. The molecule has 44 heavy (non-hydrogen) atoms. The fraction of sp³-hybridized carbons (Fsp3) is 0.312. The third-order valence-corrected chi connectivity index (χ3v) is 9.52. The van der Waals surface area contributed by atoms with Gasteiger partial charge < -0.3 is 14.6 Å². The van der Waals surface area contributed by atoms with Crippen LogP contribution in [0.2, 0.25) is 0 Å². The molecule has 0 aliphatic heterocycles. The lowest BCUT2D eigenvalue weighted by atomic mass is 10.00. The molecule has 0 atom stereocenters. The van der Waals surface area contributed by atoms with Gasteiger partial charge >= 0.3 is 6.18 Å². The molecule has 2 amide bonds. The maximum atomic E-state index is 12.9. The second kappa shape index (κ2) is 11.6. The van der Waals surface area contributed by atoms with Crippen molar-refractivity contribution < 1.29 is 35.9 Å². The molecular weight excluding hydrogens is 595 g/mol. The number of carbonyl (C=O) groups excluding carboxylic acids is 2. The molecule has 3 aromatic carbocycles. The van der Waals surface area contributed by atoms with E-state index in [-0.39, 0.29) is 17.0 Å². The molecule has 5 rings (SSSR count). The number of sulfonamides is 1.